The molecule has 6 heteroatoms. The van der Waals surface area contributed by atoms with E-state index in [9.17, 15) is 13.6 Å². The van der Waals surface area contributed by atoms with Gasteiger partial charge in [-0.15, -0.1) is 0 Å². The number of rotatable bonds is 5. The fourth-order valence-corrected chi connectivity index (χ4v) is 3.30. The summed E-state index contributed by atoms with van der Waals surface area (Å²) in [5.74, 6) is -1.09. The molecular formula is C26H34F2N2O2. The lowest BCUT2D eigenvalue weighted by molar-refractivity contribution is 0.439. The normalized spacial score (nSPS) is 10.4. The zero-order valence-electron chi connectivity index (χ0n) is 19.9. The Morgan fingerprint density at radius 3 is 2.22 bits per heavy atom. The molecule has 0 aliphatic heterocycles. The van der Waals surface area contributed by atoms with Gasteiger partial charge in [0.05, 0.1) is 0 Å². The first-order valence-corrected chi connectivity index (χ1v) is 10.8. The molecule has 0 bridgehead atoms. The van der Waals surface area contributed by atoms with Gasteiger partial charge in [0.2, 0.25) is 0 Å². The van der Waals surface area contributed by atoms with E-state index in [2.05, 4.69) is 13.8 Å². The third-order valence-electron chi connectivity index (χ3n) is 5.00. The Bertz CT molecular complexity index is 1150. The van der Waals surface area contributed by atoms with E-state index in [4.69, 9.17) is 4.74 Å². The van der Waals surface area contributed by atoms with Crippen LogP contribution in [0.2, 0.25) is 0 Å². The van der Waals surface area contributed by atoms with Gasteiger partial charge in [-0.05, 0) is 50.6 Å². The van der Waals surface area contributed by atoms with Crippen LogP contribution in [-0.4, -0.2) is 18.2 Å². The maximum absolute atomic E-state index is 14.1. The summed E-state index contributed by atoms with van der Waals surface area (Å²) >= 11 is 0. The zero-order chi connectivity index (χ0) is 24.0. The molecule has 1 heterocycles. The molecule has 0 fully saturated rings. The summed E-state index contributed by atoms with van der Waals surface area (Å²) in [6, 6.07) is 8.74. The zero-order valence-corrected chi connectivity index (χ0v) is 19.9. The number of nitrogens with zero attached hydrogens (tertiary/aromatic N) is 2. The predicted molar refractivity (Wildman–Crippen MR) is 130 cm³/mol. The van der Waals surface area contributed by atoms with Gasteiger partial charge in [-0.25, -0.2) is 8.78 Å². The van der Waals surface area contributed by atoms with Gasteiger partial charge < -0.3 is 14.2 Å². The fourth-order valence-electron chi connectivity index (χ4n) is 3.30. The van der Waals surface area contributed by atoms with Crippen molar-refractivity contribution in [2.24, 2.45) is 7.05 Å². The summed E-state index contributed by atoms with van der Waals surface area (Å²) in [6.07, 6.45) is 3.01. The van der Waals surface area contributed by atoms with Crippen LogP contribution >= 0.6 is 0 Å². The van der Waals surface area contributed by atoms with Crippen LogP contribution in [0.15, 0.2) is 47.4 Å². The van der Waals surface area contributed by atoms with Crippen LogP contribution in [0.25, 0.3) is 11.1 Å². The van der Waals surface area contributed by atoms with Gasteiger partial charge >= 0.3 is 0 Å². The van der Waals surface area contributed by atoms with Crippen molar-refractivity contribution in [2.75, 3.05) is 18.5 Å². The first-order chi connectivity index (χ1) is 15.1. The molecule has 4 nitrogen and oxygen atoms in total. The summed E-state index contributed by atoms with van der Waals surface area (Å²) in [4.78, 5) is 14.6. The molecule has 0 aliphatic carbocycles. The molecule has 3 aromatic rings. The van der Waals surface area contributed by atoms with E-state index in [1.165, 1.54) is 17.1 Å². The lowest BCUT2D eigenvalue weighted by Crippen LogP contribution is -2.29. The molecule has 0 spiro atoms. The van der Waals surface area contributed by atoms with Crippen LogP contribution in [0.5, 0.6) is 11.5 Å². The maximum atomic E-state index is 14.1. The number of aryl methyl sites for hydroxylation is 2. The van der Waals surface area contributed by atoms with Crippen molar-refractivity contribution in [3.63, 3.8) is 0 Å². The SMILES string of the molecule is CCC.CCN(C)c1c(C)c(-c2cc(C)ccc2Oc2ccc(F)cc2F)cn(C)c1=O.[HH]. The van der Waals surface area contributed by atoms with Crippen molar-refractivity contribution in [3.8, 4) is 22.6 Å². The second-order valence-corrected chi connectivity index (χ2v) is 7.83. The second-order valence-electron chi connectivity index (χ2n) is 7.83. The Hall–Kier alpha value is -3.15. The van der Waals surface area contributed by atoms with Crippen molar-refractivity contribution < 1.29 is 14.9 Å². The molecule has 3 rings (SSSR count). The van der Waals surface area contributed by atoms with Crippen molar-refractivity contribution in [1.29, 1.82) is 0 Å². The third-order valence-corrected chi connectivity index (χ3v) is 5.00. The van der Waals surface area contributed by atoms with Gasteiger partial charge in [-0.1, -0.05) is 31.9 Å². The number of hydrogen-bond acceptors (Lipinski definition) is 3. The highest BCUT2D eigenvalue weighted by Crippen LogP contribution is 2.38. The highest BCUT2D eigenvalue weighted by atomic mass is 19.1. The topological polar surface area (TPSA) is 34.5 Å². The van der Waals surface area contributed by atoms with E-state index in [0.717, 1.165) is 34.4 Å². The number of ether oxygens (including phenoxy) is 1. The summed E-state index contributed by atoms with van der Waals surface area (Å²) in [6.45, 7) is 10.7. The number of benzene rings is 2. The minimum Gasteiger partial charge on any atom is -0.454 e. The van der Waals surface area contributed by atoms with E-state index >= 15 is 0 Å². The average Bonchev–Trinajstić information content (AvgIpc) is 2.74. The maximum Gasteiger partial charge on any atom is 0.274 e. The monoisotopic (exact) mass is 444 g/mol. The predicted octanol–water partition coefficient (Wildman–Crippen LogP) is 6.86. The minimum absolute atomic E-state index is 0. The average molecular weight is 445 g/mol. The molecule has 0 amide bonds. The van der Waals surface area contributed by atoms with Crippen molar-refractivity contribution in [2.45, 2.75) is 41.0 Å². The Morgan fingerprint density at radius 2 is 1.62 bits per heavy atom. The van der Waals surface area contributed by atoms with Crippen molar-refractivity contribution in [1.82, 2.24) is 4.57 Å². The molecule has 0 radical (unpaired) electrons. The van der Waals surface area contributed by atoms with Gasteiger partial charge in [0.1, 0.15) is 17.3 Å². The molecule has 0 saturated carbocycles. The number of halogens is 2. The first-order valence-electron chi connectivity index (χ1n) is 10.8. The Morgan fingerprint density at radius 1 is 1.00 bits per heavy atom. The Labute approximate surface area is 190 Å². The van der Waals surface area contributed by atoms with Gasteiger partial charge in [0.25, 0.3) is 5.56 Å². The minimum atomic E-state index is -0.778. The van der Waals surface area contributed by atoms with Crippen LogP contribution in [0.4, 0.5) is 14.5 Å². The van der Waals surface area contributed by atoms with Crippen LogP contribution < -0.4 is 15.2 Å². The third kappa shape index (κ3) is 5.55. The number of aromatic nitrogens is 1. The molecule has 32 heavy (non-hydrogen) atoms. The highest BCUT2D eigenvalue weighted by Gasteiger charge is 2.19. The molecular weight excluding hydrogens is 410 g/mol. The molecule has 0 saturated heterocycles. The summed E-state index contributed by atoms with van der Waals surface area (Å²) in [5, 5.41) is 0. The highest BCUT2D eigenvalue weighted by molar-refractivity contribution is 5.78. The quantitative estimate of drug-likeness (QED) is 0.431. The van der Waals surface area contributed by atoms with Crippen molar-refractivity contribution >= 4 is 5.69 Å². The standard InChI is InChI=1S/C23H24F2N2O2.C3H8.H2/c1-6-26(4)22-15(3)18(13-27(5)23(22)28)17-11-14(2)7-9-20(17)29-21-10-8-16(24)12-19(21)25;1-3-2;/h7-13H,6H2,1-5H3;3H2,1-2H3;1H. The Kier molecular flexibility index (Phi) is 8.58. The number of hydrogen-bond donors (Lipinski definition) is 0. The van der Waals surface area contributed by atoms with Crippen LogP contribution in [0, 0.1) is 25.5 Å². The molecule has 174 valence electrons. The molecule has 0 unspecified atom stereocenters. The summed E-state index contributed by atoms with van der Waals surface area (Å²) in [5.41, 5.74) is 3.86. The molecule has 1 aromatic heterocycles. The van der Waals surface area contributed by atoms with Crippen molar-refractivity contribution in [3.05, 3.63) is 75.7 Å². The molecule has 0 aliphatic rings. The molecule has 2 aromatic carbocycles. The molecule has 0 N–H and O–H groups in total. The number of pyridine rings is 1. The van der Waals surface area contributed by atoms with Crippen LogP contribution in [0.3, 0.4) is 0 Å². The second kappa shape index (κ2) is 10.9. The van der Waals surface area contributed by atoms with Gasteiger partial charge in [0.15, 0.2) is 11.6 Å². The molecule has 0 atom stereocenters. The van der Waals surface area contributed by atoms with E-state index in [0.29, 0.717) is 18.0 Å². The summed E-state index contributed by atoms with van der Waals surface area (Å²) < 4.78 is 34.7. The summed E-state index contributed by atoms with van der Waals surface area (Å²) in [7, 11) is 3.57. The largest absolute Gasteiger partial charge is 0.454 e. The van der Waals surface area contributed by atoms with Gasteiger partial charge in [0, 0.05) is 45.5 Å². The van der Waals surface area contributed by atoms with Gasteiger partial charge in [-0.3, -0.25) is 4.79 Å². The van der Waals surface area contributed by atoms with Gasteiger partial charge in [-0.2, -0.15) is 0 Å². The Balaban J connectivity index is 0.00000129. The first kappa shape index (κ1) is 25.1. The van der Waals surface area contributed by atoms with Crippen LogP contribution in [-0.2, 0) is 7.05 Å². The van der Waals surface area contributed by atoms with Crippen LogP contribution in [0.1, 0.15) is 39.7 Å². The lowest BCUT2D eigenvalue weighted by Gasteiger charge is -2.22. The fraction of sp³-hybridized carbons (Fsp3) is 0.346. The van der Waals surface area contributed by atoms with E-state index < -0.39 is 11.6 Å². The van der Waals surface area contributed by atoms with E-state index in [1.807, 2.05) is 44.9 Å². The smallest absolute Gasteiger partial charge is 0.274 e. The lowest BCUT2D eigenvalue weighted by atomic mass is 9.98. The van der Waals surface area contributed by atoms with E-state index in [1.54, 1.807) is 19.3 Å². The van der Waals surface area contributed by atoms with E-state index in [-0.39, 0.29) is 12.7 Å². The number of anilines is 1.